The Labute approximate surface area is 117 Å². The van der Waals surface area contributed by atoms with E-state index in [0.717, 1.165) is 0 Å². The highest BCUT2D eigenvalue weighted by Gasteiger charge is 2.19. The topological polar surface area (TPSA) is 19.0 Å². The first-order valence-corrected chi connectivity index (χ1v) is 7.35. The van der Waals surface area contributed by atoms with Gasteiger partial charge in [-0.15, -0.1) is 0 Å². The van der Waals surface area contributed by atoms with Crippen LogP contribution in [0.2, 0.25) is 0 Å². The van der Waals surface area contributed by atoms with Gasteiger partial charge in [-0.1, -0.05) is 45.3 Å². The van der Waals surface area contributed by atoms with Crippen LogP contribution >= 0.6 is 0 Å². The molecule has 2 atom stereocenters. The summed E-state index contributed by atoms with van der Waals surface area (Å²) in [5.74, 6) is 0. The molecule has 1 N–H and O–H groups in total. The molecule has 0 saturated heterocycles. The van der Waals surface area contributed by atoms with Gasteiger partial charge in [0.2, 0.25) is 7.41 Å². The monoisotopic (exact) mass is 255 g/mol. The number of rotatable bonds is 6. The van der Waals surface area contributed by atoms with Crippen LogP contribution in [-0.4, -0.2) is 29.3 Å². The zero-order chi connectivity index (χ0) is 13.8. The van der Waals surface area contributed by atoms with E-state index in [0.29, 0.717) is 12.1 Å². The predicted octanol–water partition coefficient (Wildman–Crippen LogP) is 3.31. The molecule has 2 nitrogen and oxygen atoms in total. The molecule has 2 aromatic rings. The Bertz CT molecular complexity index is 510. The first-order chi connectivity index (χ1) is 9.15. The summed E-state index contributed by atoms with van der Waals surface area (Å²) in [6.45, 7) is 9.11. The molecule has 0 aliphatic carbocycles. The van der Waals surface area contributed by atoms with E-state index in [1.165, 1.54) is 29.2 Å². The summed E-state index contributed by atoms with van der Waals surface area (Å²) in [4.78, 5) is 5.73. The van der Waals surface area contributed by atoms with Crippen LogP contribution in [0.4, 0.5) is 0 Å². The van der Waals surface area contributed by atoms with Gasteiger partial charge in [0.05, 0.1) is 0 Å². The van der Waals surface area contributed by atoms with Gasteiger partial charge in [-0.25, -0.2) is 0 Å². The lowest BCUT2D eigenvalue weighted by molar-refractivity contribution is 0.271. The van der Waals surface area contributed by atoms with Crippen LogP contribution in [0.5, 0.6) is 0 Å². The van der Waals surface area contributed by atoms with Crippen molar-refractivity contribution >= 4 is 23.8 Å². The average Bonchev–Trinajstić information content (AvgIpc) is 2.90. The number of hydrogen-bond acceptors (Lipinski definition) is 1. The minimum absolute atomic E-state index is 0.580. The van der Waals surface area contributed by atoms with E-state index in [1.54, 1.807) is 0 Å². The molecular weight excluding hydrogens is 231 g/mol. The van der Waals surface area contributed by atoms with Crippen molar-refractivity contribution in [2.75, 3.05) is 0 Å². The van der Waals surface area contributed by atoms with Crippen molar-refractivity contribution in [2.24, 2.45) is 0 Å². The molecule has 0 bridgehead atoms. The maximum absolute atomic E-state index is 3.24. The lowest BCUT2D eigenvalue weighted by Crippen LogP contribution is -2.46. The average molecular weight is 255 g/mol. The fourth-order valence-electron chi connectivity index (χ4n) is 2.43. The van der Waals surface area contributed by atoms with Gasteiger partial charge in [-0.05, 0) is 42.4 Å². The van der Waals surface area contributed by atoms with E-state index in [-0.39, 0.29) is 0 Å². The molecule has 0 fully saturated rings. The highest BCUT2D eigenvalue weighted by molar-refractivity contribution is 6.51. The van der Waals surface area contributed by atoms with Crippen LogP contribution < -0.4 is 5.46 Å². The molecule has 1 aromatic carbocycles. The molecule has 2 unspecified atom stereocenters. The van der Waals surface area contributed by atoms with Gasteiger partial charge in [0, 0.05) is 11.7 Å². The minimum Gasteiger partial charge on any atom is -0.361 e. The van der Waals surface area contributed by atoms with Crippen molar-refractivity contribution < 1.29 is 0 Å². The van der Waals surface area contributed by atoms with Crippen LogP contribution in [-0.2, 0) is 0 Å². The summed E-state index contributed by atoms with van der Waals surface area (Å²) in [6.07, 6.45) is 4.34. The highest BCUT2D eigenvalue weighted by atomic mass is 15.1. The zero-order valence-electron chi connectivity index (χ0n) is 12.5. The lowest BCUT2D eigenvalue weighted by Gasteiger charge is -2.33. The summed E-state index contributed by atoms with van der Waals surface area (Å²) < 4.78 is 0. The summed E-state index contributed by atoms with van der Waals surface area (Å²) in [6, 6.07) is 9.89. The van der Waals surface area contributed by atoms with Gasteiger partial charge >= 0.3 is 0 Å². The Morgan fingerprint density at radius 1 is 1.11 bits per heavy atom. The number of nitrogens with zero attached hydrogens (tertiary/aromatic N) is 1. The second-order valence-corrected chi connectivity index (χ2v) is 5.42. The zero-order valence-corrected chi connectivity index (χ0v) is 12.5. The summed E-state index contributed by atoms with van der Waals surface area (Å²) in [5.41, 5.74) is 2.49. The Morgan fingerprint density at radius 3 is 2.42 bits per heavy atom. The van der Waals surface area contributed by atoms with Gasteiger partial charge in [-0.3, -0.25) is 0 Å². The van der Waals surface area contributed by atoms with Crippen molar-refractivity contribution in [3.63, 3.8) is 0 Å². The van der Waals surface area contributed by atoms with Crippen LogP contribution in [0.15, 0.2) is 30.5 Å². The van der Waals surface area contributed by atoms with Gasteiger partial charge in [-0.2, -0.15) is 0 Å². The Kier molecular flexibility index (Phi) is 4.70. The molecule has 101 valence electrons. The molecule has 0 amide bonds. The third-order valence-corrected chi connectivity index (χ3v) is 4.08. The van der Waals surface area contributed by atoms with E-state index in [2.05, 4.69) is 69.2 Å². The molecule has 19 heavy (non-hydrogen) atoms. The van der Waals surface area contributed by atoms with E-state index in [4.69, 9.17) is 0 Å². The van der Waals surface area contributed by atoms with E-state index >= 15 is 0 Å². The Balaban J connectivity index is 2.19. The summed E-state index contributed by atoms with van der Waals surface area (Å²) in [5, 5.41) is 1.28. The molecule has 1 radical (unpaired) electrons. The number of aromatic nitrogens is 1. The molecule has 0 aliphatic rings. The van der Waals surface area contributed by atoms with Crippen molar-refractivity contribution in [1.82, 2.24) is 9.79 Å². The largest absolute Gasteiger partial charge is 0.361 e. The fraction of sp³-hybridized carbons (Fsp3) is 0.500. The molecule has 0 aliphatic heterocycles. The number of aromatic amines is 1. The second-order valence-electron chi connectivity index (χ2n) is 5.42. The van der Waals surface area contributed by atoms with E-state index in [9.17, 15) is 0 Å². The number of benzene rings is 1. The molecule has 3 heteroatoms. The van der Waals surface area contributed by atoms with Crippen molar-refractivity contribution in [3.05, 3.63) is 30.5 Å². The first-order valence-electron chi connectivity index (χ1n) is 7.35. The summed E-state index contributed by atoms with van der Waals surface area (Å²) >= 11 is 0. The smallest absolute Gasteiger partial charge is 0.248 e. The van der Waals surface area contributed by atoms with E-state index in [1.807, 2.05) is 6.20 Å². The lowest BCUT2D eigenvalue weighted by atomic mass is 9.77. The number of nitrogens with one attached hydrogen (secondary N) is 1. The minimum atomic E-state index is 0.580. The number of hydrogen-bond donors (Lipinski definition) is 1. The molecule has 0 spiro atoms. The van der Waals surface area contributed by atoms with Crippen LogP contribution in [0, 0.1) is 0 Å². The SMILES string of the molecule is CCC(C)N([B]c1ccc2[nH]ccc2c1)C(C)CC. The first kappa shape index (κ1) is 14.2. The fourth-order valence-corrected chi connectivity index (χ4v) is 2.43. The van der Waals surface area contributed by atoms with Crippen LogP contribution in [0.3, 0.4) is 0 Å². The van der Waals surface area contributed by atoms with E-state index < -0.39 is 0 Å². The molecule has 1 aromatic heterocycles. The normalized spacial score (nSPS) is 14.8. The quantitative estimate of drug-likeness (QED) is 0.784. The maximum Gasteiger partial charge on any atom is 0.248 e. The summed E-state index contributed by atoms with van der Waals surface area (Å²) in [7, 11) is 2.31. The Morgan fingerprint density at radius 2 is 1.79 bits per heavy atom. The number of fused-ring (bicyclic) bond motifs is 1. The van der Waals surface area contributed by atoms with Gasteiger partial charge < -0.3 is 9.79 Å². The maximum atomic E-state index is 3.24. The van der Waals surface area contributed by atoms with Gasteiger partial charge in [0.15, 0.2) is 0 Å². The third-order valence-electron chi connectivity index (χ3n) is 4.08. The standard InChI is InChI=1S/C16H24BN2/c1-5-12(3)19(13(4)6-2)17-15-7-8-16-14(11-15)9-10-18-16/h7-13,18H,5-6H2,1-4H3. The predicted molar refractivity (Wildman–Crippen MR) is 85.0 cm³/mol. The second kappa shape index (κ2) is 6.29. The van der Waals surface area contributed by atoms with Crippen molar-refractivity contribution in [3.8, 4) is 0 Å². The van der Waals surface area contributed by atoms with Crippen LogP contribution in [0.25, 0.3) is 10.9 Å². The van der Waals surface area contributed by atoms with Crippen molar-refractivity contribution in [2.45, 2.75) is 52.6 Å². The molecule has 0 saturated carbocycles. The van der Waals surface area contributed by atoms with Gasteiger partial charge in [0.25, 0.3) is 0 Å². The highest BCUT2D eigenvalue weighted by Crippen LogP contribution is 2.12. The third kappa shape index (κ3) is 3.21. The Hall–Kier alpha value is -1.22. The number of H-pyrrole nitrogens is 1. The molecule has 1 heterocycles. The molecular formula is C16H24BN2. The van der Waals surface area contributed by atoms with Gasteiger partial charge in [0.1, 0.15) is 0 Å². The van der Waals surface area contributed by atoms with Crippen molar-refractivity contribution in [1.29, 1.82) is 0 Å². The van der Waals surface area contributed by atoms with Crippen LogP contribution in [0.1, 0.15) is 40.5 Å². The molecule has 2 rings (SSSR count).